The zero-order valence-electron chi connectivity index (χ0n) is 9.33. The van der Waals surface area contributed by atoms with Gasteiger partial charge in [0.05, 0.1) is 11.4 Å². The Balaban J connectivity index is 2.83. The number of aromatic nitrogens is 3. The van der Waals surface area contributed by atoms with Crippen LogP contribution in [0.25, 0.3) is 0 Å². The average Bonchev–Trinajstić information content (AvgIpc) is 2.28. The van der Waals surface area contributed by atoms with Gasteiger partial charge < -0.3 is 0 Å². The van der Waals surface area contributed by atoms with Gasteiger partial charge in [0, 0.05) is 11.1 Å². The number of halogens is 1. The van der Waals surface area contributed by atoms with E-state index in [4.69, 9.17) is 11.6 Å². The molecular formula is C10H16ClN3S. The molecule has 1 atom stereocenters. The third-order valence-corrected chi connectivity index (χ3v) is 3.61. The second kappa shape index (κ2) is 6.28. The van der Waals surface area contributed by atoms with Crippen LogP contribution in [0.4, 0.5) is 0 Å². The van der Waals surface area contributed by atoms with Crippen LogP contribution >= 0.6 is 23.4 Å². The Labute approximate surface area is 100 Å². The van der Waals surface area contributed by atoms with E-state index < -0.39 is 0 Å². The van der Waals surface area contributed by atoms with Gasteiger partial charge in [-0.3, -0.25) is 0 Å². The smallest absolute Gasteiger partial charge is 0.209 e. The molecule has 0 aliphatic heterocycles. The minimum atomic E-state index is 0.325. The van der Waals surface area contributed by atoms with E-state index in [1.807, 2.05) is 0 Å². The molecule has 1 aromatic rings. The molecule has 3 nitrogen and oxygen atoms in total. The first-order valence-electron chi connectivity index (χ1n) is 5.16. The van der Waals surface area contributed by atoms with Crippen molar-refractivity contribution < 1.29 is 0 Å². The number of aryl methyl sites for hydroxylation is 2. The molecule has 0 N–H and O–H groups in total. The number of alkyl halides is 1. The molecule has 1 unspecified atom stereocenters. The minimum absolute atomic E-state index is 0.325. The molecule has 1 aromatic heterocycles. The summed E-state index contributed by atoms with van der Waals surface area (Å²) in [5, 5.41) is 9.33. The first kappa shape index (κ1) is 12.7. The van der Waals surface area contributed by atoms with Crippen LogP contribution in [-0.2, 0) is 12.8 Å². The highest BCUT2D eigenvalue weighted by molar-refractivity contribution is 7.99. The molecule has 0 radical (unpaired) electrons. The molecule has 0 aliphatic carbocycles. The van der Waals surface area contributed by atoms with Crippen molar-refractivity contribution in [3.63, 3.8) is 0 Å². The highest BCUT2D eigenvalue weighted by Gasteiger charge is 2.09. The van der Waals surface area contributed by atoms with Crippen LogP contribution in [0.15, 0.2) is 5.16 Å². The van der Waals surface area contributed by atoms with E-state index in [0.29, 0.717) is 11.1 Å². The first-order valence-corrected chi connectivity index (χ1v) is 6.57. The van der Waals surface area contributed by atoms with Gasteiger partial charge in [-0.25, -0.2) is 4.98 Å². The summed E-state index contributed by atoms with van der Waals surface area (Å²) in [4.78, 5) is 4.48. The number of thioether (sulfide) groups is 1. The molecule has 0 spiro atoms. The fraction of sp³-hybridized carbons (Fsp3) is 0.700. The fourth-order valence-corrected chi connectivity index (χ4v) is 2.05. The molecule has 0 bridgehead atoms. The fourth-order valence-electron chi connectivity index (χ4n) is 1.18. The quantitative estimate of drug-likeness (QED) is 0.591. The first-order chi connectivity index (χ1) is 7.21. The van der Waals surface area contributed by atoms with Crippen LogP contribution in [0.1, 0.15) is 32.2 Å². The van der Waals surface area contributed by atoms with Crippen LogP contribution in [0.5, 0.6) is 0 Å². The van der Waals surface area contributed by atoms with Crippen molar-refractivity contribution in [2.45, 2.75) is 44.0 Å². The summed E-state index contributed by atoms with van der Waals surface area (Å²) in [7, 11) is 0. The van der Waals surface area contributed by atoms with Gasteiger partial charge in [0.1, 0.15) is 0 Å². The molecule has 0 aromatic carbocycles. The minimum Gasteiger partial charge on any atom is -0.224 e. The Morgan fingerprint density at radius 2 is 1.87 bits per heavy atom. The Morgan fingerprint density at radius 1 is 1.20 bits per heavy atom. The molecule has 1 rings (SSSR count). The van der Waals surface area contributed by atoms with Gasteiger partial charge >= 0.3 is 0 Å². The Kier molecular flexibility index (Phi) is 5.32. The second-order valence-corrected chi connectivity index (χ2v) is 4.99. The molecule has 0 amide bonds. The van der Waals surface area contributed by atoms with Crippen molar-refractivity contribution in [2.75, 3.05) is 5.88 Å². The molecule has 0 aliphatic rings. The summed E-state index contributed by atoms with van der Waals surface area (Å²) in [5.74, 6) is 0.602. The predicted octanol–water partition coefficient (Wildman–Crippen LogP) is 2.72. The van der Waals surface area contributed by atoms with Crippen LogP contribution in [0.2, 0.25) is 0 Å². The van der Waals surface area contributed by atoms with E-state index >= 15 is 0 Å². The van der Waals surface area contributed by atoms with E-state index in [2.05, 4.69) is 36.0 Å². The van der Waals surface area contributed by atoms with E-state index in [1.165, 1.54) is 0 Å². The van der Waals surface area contributed by atoms with Gasteiger partial charge in [-0.1, -0.05) is 32.5 Å². The zero-order chi connectivity index (χ0) is 11.3. The molecule has 5 heteroatoms. The third kappa shape index (κ3) is 3.61. The summed E-state index contributed by atoms with van der Waals surface area (Å²) in [5.41, 5.74) is 2.05. The maximum atomic E-state index is 5.74. The lowest BCUT2D eigenvalue weighted by molar-refractivity contribution is 0.743. The molecule has 84 valence electrons. The van der Waals surface area contributed by atoms with Crippen molar-refractivity contribution in [1.82, 2.24) is 15.2 Å². The topological polar surface area (TPSA) is 38.7 Å². The third-order valence-electron chi connectivity index (χ3n) is 2.01. The zero-order valence-corrected chi connectivity index (χ0v) is 10.9. The summed E-state index contributed by atoms with van der Waals surface area (Å²) in [6, 6.07) is 0. The maximum Gasteiger partial charge on any atom is 0.209 e. The van der Waals surface area contributed by atoms with Crippen LogP contribution < -0.4 is 0 Å². The van der Waals surface area contributed by atoms with E-state index in [0.717, 1.165) is 29.4 Å². The lowest BCUT2D eigenvalue weighted by atomic mass is 10.2. The summed E-state index contributed by atoms with van der Waals surface area (Å²) in [6.07, 6.45) is 1.79. The molecule has 0 saturated heterocycles. The largest absolute Gasteiger partial charge is 0.224 e. The molecular weight excluding hydrogens is 230 g/mol. The standard InChI is InChI=1S/C10H16ClN3S/c1-4-8-9(5-2)13-14-10(12-8)15-7(3)6-11/h7H,4-6H2,1-3H3. The number of rotatable bonds is 5. The summed E-state index contributed by atoms with van der Waals surface area (Å²) >= 11 is 7.31. The van der Waals surface area contributed by atoms with Crippen molar-refractivity contribution in [3.05, 3.63) is 11.4 Å². The Hall–Kier alpha value is -0.350. The molecule has 0 fully saturated rings. The summed E-state index contributed by atoms with van der Waals surface area (Å²) in [6.45, 7) is 6.21. The molecule has 15 heavy (non-hydrogen) atoms. The van der Waals surface area contributed by atoms with Crippen molar-refractivity contribution in [2.24, 2.45) is 0 Å². The van der Waals surface area contributed by atoms with Crippen molar-refractivity contribution in [1.29, 1.82) is 0 Å². The van der Waals surface area contributed by atoms with Gasteiger partial charge in [0.15, 0.2) is 0 Å². The molecule has 0 saturated carbocycles. The highest BCUT2D eigenvalue weighted by Crippen LogP contribution is 2.20. The van der Waals surface area contributed by atoms with E-state index in [9.17, 15) is 0 Å². The average molecular weight is 246 g/mol. The van der Waals surface area contributed by atoms with Gasteiger partial charge in [-0.15, -0.1) is 16.7 Å². The Morgan fingerprint density at radius 3 is 2.40 bits per heavy atom. The normalized spacial score (nSPS) is 12.8. The van der Waals surface area contributed by atoms with Crippen LogP contribution in [0.3, 0.4) is 0 Å². The monoisotopic (exact) mass is 245 g/mol. The van der Waals surface area contributed by atoms with Crippen LogP contribution in [-0.4, -0.2) is 26.3 Å². The maximum absolute atomic E-state index is 5.74. The lowest BCUT2D eigenvalue weighted by Crippen LogP contribution is -2.06. The SMILES string of the molecule is CCc1nnc(SC(C)CCl)nc1CC. The van der Waals surface area contributed by atoms with Crippen LogP contribution in [0, 0.1) is 0 Å². The summed E-state index contributed by atoms with van der Waals surface area (Å²) < 4.78 is 0. The van der Waals surface area contributed by atoms with Gasteiger partial charge in [-0.05, 0) is 12.8 Å². The van der Waals surface area contributed by atoms with Gasteiger partial charge in [0.2, 0.25) is 5.16 Å². The van der Waals surface area contributed by atoms with E-state index in [1.54, 1.807) is 11.8 Å². The highest BCUT2D eigenvalue weighted by atomic mass is 35.5. The number of nitrogens with zero attached hydrogens (tertiary/aromatic N) is 3. The molecule has 1 heterocycles. The van der Waals surface area contributed by atoms with Crippen molar-refractivity contribution in [3.8, 4) is 0 Å². The van der Waals surface area contributed by atoms with Gasteiger partial charge in [0.25, 0.3) is 0 Å². The predicted molar refractivity (Wildman–Crippen MR) is 64.6 cm³/mol. The van der Waals surface area contributed by atoms with Gasteiger partial charge in [-0.2, -0.15) is 5.10 Å². The number of hydrogen-bond acceptors (Lipinski definition) is 4. The Bertz CT molecular complexity index is 320. The lowest BCUT2D eigenvalue weighted by Gasteiger charge is -2.07. The second-order valence-electron chi connectivity index (χ2n) is 3.28. The number of hydrogen-bond donors (Lipinski definition) is 0. The van der Waals surface area contributed by atoms with Crippen molar-refractivity contribution >= 4 is 23.4 Å². The van der Waals surface area contributed by atoms with E-state index in [-0.39, 0.29) is 0 Å².